The highest BCUT2D eigenvalue weighted by Gasteiger charge is 2.31. The van der Waals surface area contributed by atoms with Crippen LogP contribution < -0.4 is 0 Å². The Morgan fingerprint density at radius 1 is 0.875 bits per heavy atom. The molecule has 134 valence electrons. The fourth-order valence-electron chi connectivity index (χ4n) is 5.09. The number of benzene rings is 1. The minimum Gasteiger partial charge on any atom is -0.204 e. The van der Waals surface area contributed by atoms with Gasteiger partial charge in [-0.3, -0.25) is 0 Å². The van der Waals surface area contributed by atoms with Crippen LogP contribution in [-0.2, 0) is 0 Å². The summed E-state index contributed by atoms with van der Waals surface area (Å²) in [6, 6.07) is 6.96. The molecule has 2 aliphatic rings. The van der Waals surface area contributed by atoms with E-state index < -0.39 is 26.2 Å². The average Bonchev–Trinajstić information content (AvgIpc) is 2.60. The first-order chi connectivity index (χ1) is 11.6. The van der Waals surface area contributed by atoms with Crippen LogP contribution in [0.2, 0.25) is 18.1 Å². The summed E-state index contributed by atoms with van der Waals surface area (Å²) < 4.78 is 40.0. The van der Waals surface area contributed by atoms with Gasteiger partial charge in [0.25, 0.3) is 0 Å². The molecular weight excluding hydrogens is 325 g/mol. The summed E-state index contributed by atoms with van der Waals surface area (Å²) in [5.74, 6) is -1.57. The molecule has 1 saturated carbocycles. The minimum absolute atomic E-state index is 0.191. The van der Waals surface area contributed by atoms with Crippen LogP contribution in [-0.4, -0.2) is 8.80 Å². The van der Waals surface area contributed by atoms with E-state index >= 15 is 0 Å². The number of hydrogen-bond acceptors (Lipinski definition) is 0. The van der Waals surface area contributed by atoms with E-state index in [0.29, 0.717) is 5.56 Å². The summed E-state index contributed by atoms with van der Waals surface area (Å²) in [5.41, 5.74) is 0.643. The van der Waals surface area contributed by atoms with Crippen molar-refractivity contribution in [2.75, 3.05) is 0 Å². The van der Waals surface area contributed by atoms with Gasteiger partial charge in [-0.1, -0.05) is 44.3 Å². The van der Waals surface area contributed by atoms with E-state index in [-0.39, 0.29) is 5.92 Å². The summed E-state index contributed by atoms with van der Waals surface area (Å²) in [6.07, 6.45) is 8.50. The largest absolute Gasteiger partial charge is 0.204 e. The van der Waals surface area contributed by atoms with Crippen LogP contribution in [0.25, 0.3) is 0 Å². The van der Waals surface area contributed by atoms with Gasteiger partial charge >= 0.3 is 0 Å². The molecule has 1 aliphatic heterocycles. The third kappa shape index (κ3) is 4.06. The Morgan fingerprint density at radius 2 is 1.42 bits per heavy atom. The van der Waals surface area contributed by atoms with Crippen molar-refractivity contribution < 1.29 is 13.2 Å². The fourth-order valence-corrected chi connectivity index (χ4v) is 8.57. The first-order valence-corrected chi connectivity index (χ1v) is 12.2. The zero-order valence-corrected chi connectivity index (χ0v) is 15.8. The van der Waals surface area contributed by atoms with Crippen LogP contribution in [0.4, 0.5) is 13.2 Å². The molecule has 1 saturated heterocycles. The second-order valence-corrected chi connectivity index (χ2v) is 11.4. The quantitative estimate of drug-likeness (QED) is 0.432. The van der Waals surface area contributed by atoms with Crippen LogP contribution >= 0.6 is 0 Å². The molecule has 1 aromatic carbocycles. The van der Waals surface area contributed by atoms with Crippen molar-refractivity contribution in [2.24, 2.45) is 11.8 Å². The molecule has 1 aromatic rings. The van der Waals surface area contributed by atoms with Crippen molar-refractivity contribution >= 4 is 8.80 Å². The fraction of sp³-hybridized carbons (Fsp3) is 0.700. The molecule has 0 N–H and O–H groups in total. The van der Waals surface area contributed by atoms with Gasteiger partial charge < -0.3 is 0 Å². The Balaban J connectivity index is 1.53. The molecule has 0 radical (unpaired) electrons. The third-order valence-electron chi connectivity index (χ3n) is 6.50. The van der Waals surface area contributed by atoms with Crippen molar-refractivity contribution in [3.8, 4) is 0 Å². The molecule has 0 aromatic heterocycles. The molecule has 0 bridgehead atoms. The Bertz CT molecular complexity index is 521. The normalized spacial score (nSPS) is 31.2. The highest BCUT2D eigenvalue weighted by molar-refractivity contribution is 6.58. The Morgan fingerprint density at radius 3 is 1.96 bits per heavy atom. The second-order valence-electron chi connectivity index (χ2n) is 7.98. The highest BCUT2D eigenvalue weighted by Crippen LogP contribution is 2.43. The first kappa shape index (κ1) is 18.0. The number of halogens is 3. The van der Waals surface area contributed by atoms with E-state index in [0.717, 1.165) is 37.5 Å². The molecule has 2 fully saturated rings. The van der Waals surface area contributed by atoms with Gasteiger partial charge in [-0.15, -0.1) is 0 Å². The number of hydrogen-bond donors (Lipinski definition) is 0. The summed E-state index contributed by atoms with van der Waals surface area (Å²) in [7, 11) is -0.416. The van der Waals surface area contributed by atoms with Gasteiger partial charge in [-0.2, -0.15) is 0 Å². The van der Waals surface area contributed by atoms with Crippen LogP contribution in [0.1, 0.15) is 63.4 Å². The molecule has 4 heteroatoms. The van der Waals surface area contributed by atoms with E-state index in [1.165, 1.54) is 49.5 Å². The highest BCUT2D eigenvalue weighted by atomic mass is 28.3. The van der Waals surface area contributed by atoms with Crippen LogP contribution in [0.5, 0.6) is 0 Å². The smallest absolute Gasteiger partial charge is 0.194 e. The lowest BCUT2D eigenvalue weighted by atomic mass is 9.72. The molecule has 0 unspecified atom stereocenters. The van der Waals surface area contributed by atoms with Crippen molar-refractivity contribution in [1.29, 1.82) is 0 Å². The maximum absolute atomic E-state index is 13.5. The van der Waals surface area contributed by atoms with Crippen LogP contribution in [0.3, 0.4) is 0 Å². The molecular formula is C20H29F3Si. The van der Waals surface area contributed by atoms with Gasteiger partial charge in [0.05, 0.1) is 0 Å². The maximum Gasteiger partial charge on any atom is 0.194 e. The Hall–Kier alpha value is -0.773. The molecule has 0 amide bonds. The van der Waals surface area contributed by atoms with Crippen LogP contribution in [0, 0.1) is 29.3 Å². The van der Waals surface area contributed by atoms with E-state index in [1.807, 2.05) is 0 Å². The van der Waals surface area contributed by atoms with E-state index in [2.05, 4.69) is 6.92 Å². The molecule has 24 heavy (non-hydrogen) atoms. The van der Waals surface area contributed by atoms with Gasteiger partial charge in [0.15, 0.2) is 17.5 Å². The Kier molecular flexibility index (Phi) is 6.06. The zero-order valence-electron chi connectivity index (χ0n) is 14.7. The predicted molar refractivity (Wildman–Crippen MR) is 95.6 cm³/mol. The third-order valence-corrected chi connectivity index (χ3v) is 10.2. The zero-order chi connectivity index (χ0) is 17.1. The monoisotopic (exact) mass is 354 g/mol. The lowest BCUT2D eigenvalue weighted by Crippen LogP contribution is -2.28. The predicted octanol–water partition coefficient (Wildman–Crippen LogP) is 6.42. The molecule has 1 aliphatic carbocycles. The average molecular weight is 355 g/mol. The van der Waals surface area contributed by atoms with Crippen molar-refractivity contribution in [3.63, 3.8) is 0 Å². The summed E-state index contributed by atoms with van der Waals surface area (Å²) >= 11 is 0. The SMILES string of the molecule is CCC[SiH]1CCC(C2CCC(c3cc(F)c(F)c(F)c3)CC2)CC1. The topological polar surface area (TPSA) is 0 Å². The van der Waals surface area contributed by atoms with Gasteiger partial charge in [-0.25, -0.2) is 13.2 Å². The molecule has 1 heterocycles. The molecule has 0 nitrogen and oxygen atoms in total. The van der Waals surface area contributed by atoms with Gasteiger partial charge in [-0.05, 0) is 61.1 Å². The van der Waals surface area contributed by atoms with Gasteiger partial charge in [0, 0.05) is 8.80 Å². The van der Waals surface area contributed by atoms with Gasteiger partial charge in [0.1, 0.15) is 0 Å². The molecule has 0 spiro atoms. The summed E-state index contributed by atoms with van der Waals surface area (Å²) in [6.45, 7) is 2.31. The van der Waals surface area contributed by atoms with Crippen molar-refractivity contribution in [2.45, 2.75) is 75.9 Å². The standard InChI is InChI=1S/C20H29F3Si/c1-2-9-24-10-7-16(8-11-24)14-3-5-15(6-4-14)17-12-18(21)20(23)19(22)13-17/h12-16,24H,2-11H2,1H3. The number of rotatable bonds is 4. The van der Waals surface area contributed by atoms with E-state index in [4.69, 9.17) is 0 Å². The van der Waals surface area contributed by atoms with Crippen molar-refractivity contribution in [3.05, 3.63) is 35.1 Å². The van der Waals surface area contributed by atoms with Crippen LogP contribution in [0.15, 0.2) is 12.1 Å². The minimum atomic E-state index is -1.35. The Labute approximate surface area is 145 Å². The second kappa shape index (κ2) is 8.07. The molecule has 3 rings (SSSR count). The lowest BCUT2D eigenvalue weighted by Gasteiger charge is -2.37. The lowest BCUT2D eigenvalue weighted by molar-refractivity contribution is 0.216. The van der Waals surface area contributed by atoms with E-state index in [9.17, 15) is 13.2 Å². The van der Waals surface area contributed by atoms with Gasteiger partial charge in [0.2, 0.25) is 0 Å². The van der Waals surface area contributed by atoms with Crippen molar-refractivity contribution in [1.82, 2.24) is 0 Å². The van der Waals surface area contributed by atoms with E-state index in [1.54, 1.807) is 0 Å². The maximum atomic E-state index is 13.5. The first-order valence-electron chi connectivity index (χ1n) is 9.72. The summed E-state index contributed by atoms with van der Waals surface area (Å²) in [5, 5.41) is 0. The molecule has 0 atom stereocenters. The summed E-state index contributed by atoms with van der Waals surface area (Å²) in [4.78, 5) is 0.